The molecule has 2 N–H and O–H groups in total. The Kier molecular flexibility index (Phi) is 6.96. The molecule has 10 heteroatoms. The van der Waals surface area contributed by atoms with E-state index in [2.05, 4.69) is 20.8 Å². The van der Waals surface area contributed by atoms with E-state index in [9.17, 15) is 9.59 Å². The predicted molar refractivity (Wildman–Crippen MR) is 118 cm³/mol. The van der Waals surface area contributed by atoms with Crippen LogP contribution in [0.15, 0.2) is 30.6 Å². The molecule has 2 aromatic heterocycles. The van der Waals surface area contributed by atoms with Crippen LogP contribution in [0.5, 0.6) is 5.75 Å². The molecule has 3 rings (SSSR count). The second kappa shape index (κ2) is 9.65. The van der Waals surface area contributed by atoms with Crippen LogP contribution >= 0.6 is 11.6 Å². The molecule has 0 atom stereocenters. The zero-order valence-corrected chi connectivity index (χ0v) is 18.7. The van der Waals surface area contributed by atoms with Crippen molar-refractivity contribution in [2.45, 2.75) is 33.9 Å². The zero-order chi connectivity index (χ0) is 22.5. The molecular formula is C21H25ClN6O3. The molecule has 0 saturated carbocycles. The Morgan fingerprint density at radius 3 is 2.58 bits per heavy atom. The fourth-order valence-electron chi connectivity index (χ4n) is 2.99. The Morgan fingerprint density at radius 2 is 1.90 bits per heavy atom. The van der Waals surface area contributed by atoms with E-state index in [0.29, 0.717) is 23.0 Å². The number of hydrogen-bond donors (Lipinski definition) is 2. The number of nitrogens with one attached hydrogen (secondary N) is 2. The van der Waals surface area contributed by atoms with Gasteiger partial charge in [0.1, 0.15) is 11.4 Å². The molecule has 0 spiro atoms. The minimum Gasteiger partial charge on any atom is -0.471 e. The summed E-state index contributed by atoms with van der Waals surface area (Å²) in [6, 6.07) is 5.27. The lowest BCUT2D eigenvalue weighted by atomic mass is 10.1. The highest BCUT2D eigenvalue weighted by molar-refractivity contribution is 6.32. The molecular weight excluding hydrogens is 420 g/mol. The van der Waals surface area contributed by atoms with Crippen LogP contribution in [0.1, 0.15) is 45.4 Å². The van der Waals surface area contributed by atoms with Gasteiger partial charge < -0.3 is 15.4 Å². The summed E-state index contributed by atoms with van der Waals surface area (Å²) in [5.74, 6) is -0.0851. The second-order valence-electron chi connectivity index (χ2n) is 7.13. The van der Waals surface area contributed by atoms with Gasteiger partial charge in [0.15, 0.2) is 12.4 Å². The molecule has 2 heterocycles. The van der Waals surface area contributed by atoms with Crippen LogP contribution in [0.2, 0.25) is 5.02 Å². The van der Waals surface area contributed by atoms with Gasteiger partial charge in [-0.25, -0.2) is 4.68 Å². The van der Waals surface area contributed by atoms with Crippen LogP contribution < -0.4 is 15.4 Å². The van der Waals surface area contributed by atoms with E-state index >= 15 is 0 Å². The maximum absolute atomic E-state index is 12.6. The smallest absolute Gasteiger partial charge is 0.276 e. The number of amides is 2. The lowest BCUT2D eigenvalue weighted by molar-refractivity contribution is 0.0945. The van der Waals surface area contributed by atoms with Crippen molar-refractivity contribution in [1.82, 2.24) is 24.9 Å². The van der Waals surface area contributed by atoms with Crippen molar-refractivity contribution < 1.29 is 14.3 Å². The summed E-state index contributed by atoms with van der Waals surface area (Å²) in [6.45, 7) is 6.45. The summed E-state index contributed by atoms with van der Waals surface area (Å²) in [4.78, 5) is 25.0. The highest BCUT2D eigenvalue weighted by atomic mass is 35.5. The number of benzene rings is 1. The Hall–Kier alpha value is -3.33. The van der Waals surface area contributed by atoms with Gasteiger partial charge in [0.05, 0.1) is 11.9 Å². The molecule has 0 radical (unpaired) electrons. The monoisotopic (exact) mass is 444 g/mol. The Bertz CT molecular complexity index is 1080. The minimum absolute atomic E-state index is 0.130. The molecule has 9 nitrogen and oxygen atoms in total. The highest BCUT2D eigenvalue weighted by Gasteiger charge is 2.20. The first-order valence-electron chi connectivity index (χ1n) is 9.84. The third kappa shape index (κ3) is 5.24. The molecule has 0 aliphatic heterocycles. The molecule has 0 saturated heterocycles. The van der Waals surface area contributed by atoms with Crippen molar-refractivity contribution in [3.8, 4) is 5.75 Å². The molecule has 1 aromatic carbocycles. The van der Waals surface area contributed by atoms with Crippen LogP contribution in [0.3, 0.4) is 0 Å². The third-order valence-electron chi connectivity index (χ3n) is 4.58. The van der Waals surface area contributed by atoms with Crippen LogP contribution in [0.25, 0.3) is 0 Å². The number of carbonyl (C=O) groups excluding carboxylic acids is 2. The Balaban J connectivity index is 1.65. The molecule has 2 amide bonds. The van der Waals surface area contributed by atoms with Crippen molar-refractivity contribution in [1.29, 1.82) is 0 Å². The maximum atomic E-state index is 12.6. The van der Waals surface area contributed by atoms with E-state index in [1.54, 1.807) is 19.3 Å². The van der Waals surface area contributed by atoms with Crippen molar-refractivity contribution in [3.63, 3.8) is 0 Å². The number of halogens is 1. The number of aromatic nitrogens is 4. The summed E-state index contributed by atoms with van der Waals surface area (Å²) >= 11 is 6.18. The van der Waals surface area contributed by atoms with Gasteiger partial charge in [0.25, 0.3) is 11.8 Å². The van der Waals surface area contributed by atoms with E-state index in [1.165, 1.54) is 15.6 Å². The maximum Gasteiger partial charge on any atom is 0.276 e. The zero-order valence-electron chi connectivity index (χ0n) is 17.9. The van der Waals surface area contributed by atoms with E-state index in [4.69, 9.17) is 16.3 Å². The quantitative estimate of drug-likeness (QED) is 0.554. The number of ether oxygens (including phenoxy) is 1. The number of rotatable bonds is 8. The van der Waals surface area contributed by atoms with Gasteiger partial charge >= 0.3 is 0 Å². The summed E-state index contributed by atoms with van der Waals surface area (Å²) in [5.41, 5.74) is 2.63. The van der Waals surface area contributed by atoms with E-state index in [1.807, 2.05) is 32.9 Å². The average molecular weight is 445 g/mol. The molecule has 0 fully saturated rings. The molecule has 3 aromatic rings. The first-order valence-corrected chi connectivity index (χ1v) is 10.2. The van der Waals surface area contributed by atoms with Crippen LogP contribution in [0, 0.1) is 13.8 Å². The summed E-state index contributed by atoms with van der Waals surface area (Å²) < 4.78 is 8.68. The topological polar surface area (TPSA) is 103 Å². The van der Waals surface area contributed by atoms with Gasteiger partial charge in [0.2, 0.25) is 0 Å². The highest BCUT2D eigenvalue weighted by Crippen LogP contribution is 2.26. The second-order valence-corrected chi connectivity index (χ2v) is 7.50. The van der Waals surface area contributed by atoms with E-state index < -0.39 is 5.91 Å². The fourth-order valence-corrected chi connectivity index (χ4v) is 3.10. The van der Waals surface area contributed by atoms with Crippen molar-refractivity contribution in [3.05, 3.63) is 58.1 Å². The summed E-state index contributed by atoms with van der Waals surface area (Å²) in [6.07, 6.45) is 3.88. The molecule has 0 unspecified atom stereocenters. The SMILES string of the molecule is CCCNC(=O)c1c(NC(=O)c2ccn(COc3cc(C)c(Cl)c(C)c3)n2)cnn1C. The summed E-state index contributed by atoms with van der Waals surface area (Å²) in [5, 5.41) is 14.5. The molecule has 164 valence electrons. The number of carbonyl (C=O) groups is 2. The predicted octanol–water partition coefficient (Wildman–Crippen LogP) is 3.32. The summed E-state index contributed by atoms with van der Waals surface area (Å²) in [7, 11) is 1.64. The number of hydrogen-bond acceptors (Lipinski definition) is 5. The van der Waals surface area contributed by atoms with Gasteiger partial charge in [-0.1, -0.05) is 18.5 Å². The lowest BCUT2D eigenvalue weighted by Crippen LogP contribution is -2.27. The lowest BCUT2D eigenvalue weighted by Gasteiger charge is -2.10. The number of anilines is 1. The standard InChI is InChI=1S/C21H25ClN6O3/c1-5-7-23-21(30)19-17(11-24-27(19)4)25-20(29)16-6-8-28(26-16)12-31-15-9-13(2)18(22)14(3)10-15/h6,8-11H,5,7,12H2,1-4H3,(H,23,30)(H,25,29). The minimum atomic E-state index is -0.450. The van der Waals surface area contributed by atoms with E-state index in [0.717, 1.165) is 17.5 Å². The molecule has 31 heavy (non-hydrogen) atoms. The van der Waals surface area contributed by atoms with Gasteiger partial charge in [-0.15, -0.1) is 0 Å². The molecule has 0 bridgehead atoms. The first-order chi connectivity index (χ1) is 14.8. The van der Waals surface area contributed by atoms with Crippen LogP contribution in [-0.4, -0.2) is 37.9 Å². The van der Waals surface area contributed by atoms with Crippen molar-refractivity contribution in [2.24, 2.45) is 7.05 Å². The molecule has 0 aliphatic carbocycles. The van der Waals surface area contributed by atoms with Crippen LogP contribution in [-0.2, 0) is 13.8 Å². The largest absolute Gasteiger partial charge is 0.471 e. The van der Waals surface area contributed by atoms with Crippen LogP contribution in [0.4, 0.5) is 5.69 Å². The normalized spacial score (nSPS) is 10.7. The van der Waals surface area contributed by atoms with Gasteiger partial charge in [-0.05, 0) is 49.6 Å². The number of nitrogens with zero attached hydrogens (tertiary/aromatic N) is 4. The first kappa shape index (κ1) is 22.4. The average Bonchev–Trinajstić information content (AvgIpc) is 3.35. The fraction of sp³-hybridized carbons (Fsp3) is 0.333. The molecule has 0 aliphatic rings. The van der Waals surface area contributed by atoms with Gasteiger partial charge in [0, 0.05) is 24.8 Å². The number of aryl methyl sites for hydroxylation is 3. The van der Waals surface area contributed by atoms with Gasteiger partial charge in [-0.3, -0.25) is 14.3 Å². The van der Waals surface area contributed by atoms with Crippen molar-refractivity contribution in [2.75, 3.05) is 11.9 Å². The Morgan fingerprint density at radius 1 is 1.19 bits per heavy atom. The third-order valence-corrected chi connectivity index (χ3v) is 5.18. The van der Waals surface area contributed by atoms with Gasteiger partial charge in [-0.2, -0.15) is 10.2 Å². The Labute approximate surface area is 185 Å². The van der Waals surface area contributed by atoms with E-state index in [-0.39, 0.29) is 24.0 Å². The van der Waals surface area contributed by atoms with Crippen molar-refractivity contribution >= 4 is 29.1 Å².